The van der Waals surface area contributed by atoms with Crippen molar-refractivity contribution in [3.8, 4) is 0 Å². The monoisotopic (exact) mass is 360 g/mol. The van der Waals surface area contributed by atoms with Gasteiger partial charge in [-0.2, -0.15) is 0 Å². The molecule has 1 aromatic carbocycles. The van der Waals surface area contributed by atoms with Crippen molar-refractivity contribution < 1.29 is 4.79 Å². The van der Waals surface area contributed by atoms with E-state index in [1.807, 2.05) is 24.3 Å². The van der Waals surface area contributed by atoms with Crippen LogP contribution in [-0.4, -0.2) is 41.5 Å². The Kier molecular flexibility index (Phi) is 4.47. The summed E-state index contributed by atoms with van der Waals surface area (Å²) in [5.74, 6) is 0.588. The second kappa shape index (κ2) is 6.74. The van der Waals surface area contributed by atoms with Crippen molar-refractivity contribution in [2.75, 3.05) is 25.4 Å². The second-order valence-corrected chi connectivity index (χ2v) is 8.78. The molecule has 0 aliphatic carbocycles. The number of carbonyl (C=O) groups is 1. The maximum atomic E-state index is 12.5. The smallest absolute Gasteiger partial charge is 0.280 e. The zero-order chi connectivity index (χ0) is 16.5. The lowest BCUT2D eigenvalue weighted by Crippen LogP contribution is -2.57. The molecule has 5 rings (SSSR count). The maximum absolute atomic E-state index is 12.5. The number of hydrogen-bond donors (Lipinski definition) is 2. The fourth-order valence-electron chi connectivity index (χ4n) is 3.42. The number of rotatable bonds is 4. The number of nitrogens with zero attached hydrogens (tertiary/aromatic N) is 2. The van der Waals surface area contributed by atoms with Crippen molar-refractivity contribution in [3.63, 3.8) is 0 Å². The van der Waals surface area contributed by atoms with Gasteiger partial charge >= 0.3 is 0 Å². The molecule has 0 spiro atoms. The molecule has 126 valence electrons. The van der Waals surface area contributed by atoms with E-state index in [1.165, 1.54) is 37.3 Å². The number of piperidine rings is 3. The van der Waals surface area contributed by atoms with Crippen molar-refractivity contribution in [3.05, 3.63) is 35.5 Å². The summed E-state index contributed by atoms with van der Waals surface area (Å²) in [6.45, 7) is 3.34. The van der Waals surface area contributed by atoms with Crippen molar-refractivity contribution >= 4 is 34.7 Å². The fraction of sp³-hybridized carbons (Fsp3) is 0.412. The van der Waals surface area contributed by atoms with E-state index in [1.54, 1.807) is 18.0 Å². The van der Waals surface area contributed by atoms with Crippen LogP contribution in [0.4, 0.5) is 5.69 Å². The molecule has 1 aromatic heterocycles. The SMILES string of the molecule is Nc1ccc(Sc2cnc(C(=O)N[C@H]3CN4CCC3CC4)s2)cc1. The molecule has 4 heterocycles. The van der Waals surface area contributed by atoms with Gasteiger partial charge in [0.25, 0.3) is 5.91 Å². The van der Waals surface area contributed by atoms with E-state index in [2.05, 4.69) is 15.2 Å². The van der Waals surface area contributed by atoms with Gasteiger partial charge in [-0.05, 0) is 56.1 Å². The molecular weight excluding hydrogens is 340 g/mol. The van der Waals surface area contributed by atoms with E-state index in [0.29, 0.717) is 10.9 Å². The van der Waals surface area contributed by atoms with Crippen LogP contribution in [0, 0.1) is 5.92 Å². The van der Waals surface area contributed by atoms with E-state index in [0.717, 1.165) is 21.3 Å². The quantitative estimate of drug-likeness (QED) is 0.821. The average molecular weight is 361 g/mol. The van der Waals surface area contributed by atoms with Crippen molar-refractivity contribution in [2.24, 2.45) is 5.92 Å². The maximum Gasteiger partial charge on any atom is 0.280 e. The van der Waals surface area contributed by atoms with Crippen molar-refractivity contribution in [1.82, 2.24) is 15.2 Å². The summed E-state index contributed by atoms with van der Waals surface area (Å²) in [5.41, 5.74) is 6.45. The number of carbonyl (C=O) groups excluding carboxylic acids is 1. The first-order valence-electron chi connectivity index (χ1n) is 8.20. The number of nitrogens with one attached hydrogen (secondary N) is 1. The minimum atomic E-state index is -0.0390. The number of nitrogens with two attached hydrogens (primary N) is 1. The number of hydrogen-bond acceptors (Lipinski definition) is 6. The molecule has 3 aliphatic rings. The Labute approximate surface area is 149 Å². The number of benzene rings is 1. The van der Waals surface area contributed by atoms with Gasteiger partial charge in [-0.3, -0.25) is 4.79 Å². The van der Waals surface area contributed by atoms with Gasteiger partial charge < -0.3 is 16.0 Å². The van der Waals surface area contributed by atoms with Crippen molar-refractivity contribution in [2.45, 2.75) is 28.0 Å². The number of anilines is 1. The van der Waals surface area contributed by atoms with Crippen LogP contribution in [0.25, 0.3) is 0 Å². The third-order valence-electron chi connectivity index (χ3n) is 4.75. The molecule has 0 saturated carbocycles. The van der Waals surface area contributed by atoms with Gasteiger partial charge in [0.15, 0.2) is 5.01 Å². The van der Waals surface area contributed by atoms with Crippen LogP contribution in [-0.2, 0) is 0 Å². The Morgan fingerprint density at radius 2 is 2.04 bits per heavy atom. The Hall–Kier alpha value is -1.57. The van der Waals surface area contributed by atoms with E-state index in [-0.39, 0.29) is 11.9 Å². The first-order valence-corrected chi connectivity index (χ1v) is 9.83. The van der Waals surface area contributed by atoms with Crippen molar-refractivity contribution in [1.29, 1.82) is 0 Å². The number of nitrogen functional groups attached to an aromatic ring is 1. The summed E-state index contributed by atoms with van der Waals surface area (Å²) < 4.78 is 1.01. The standard InChI is InChI=1S/C17H20N4OS2/c18-12-1-3-13(4-2-12)23-15-9-19-17(24-15)16(22)20-14-10-21-7-5-11(14)6-8-21/h1-4,9,11,14H,5-8,10,18H2,(H,20,22)/t14-/m0/s1. The summed E-state index contributed by atoms with van der Waals surface area (Å²) in [6, 6.07) is 7.99. The highest BCUT2D eigenvalue weighted by molar-refractivity contribution is 8.01. The minimum Gasteiger partial charge on any atom is -0.399 e. The number of amides is 1. The Morgan fingerprint density at radius 3 is 2.71 bits per heavy atom. The second-order valence-electron chi connectivity index (χ2n) is 6.37. The lowest BCUT2D eigenvalue weighted by molar-refractivity contribution is 0.0620. The highest BCUT2D eigenvalue weighted by Crippen LogP contribution is 2.33. The lowest BCUT2D eigenvalue weighted by Gasteiger charge is -2.44. The molecule has 0 radical (unpaired) electrons. The van der Waals surface area contributed by atoms with E-state index in [9.17, 15) is 4.79 Å². The zero-order valence-corrected chi connectivity index (χ0v) is 14.9. The van der Waals surface area contributed by atoms with Gasteiger partial charge in [0, 0.05) is 23.2 Å². The minimum absolute atomic E-state index is 0.0390. The van der Waals surface area contributed by atoms with Gasteiger partial charge in [0.05, 0.1) is 10.4 Å². The fourth-order valence-corrected chi connectivity index (χ4v) is 5.28. The number of aromatic nitrogens is 1. The highest BCUT2D eigenvalue weighted by Gasteiger charge is 2.35. The summed E-state index contributed by atoms with van der Waals surface area (Å²) >= 11 is 3.05. The van der Waals surface area contributed by atoms with Crippen LogP contribution in [0.1, 0.15) is 22.6 Å². The normalized spacial score (nSPS) is 25.6. The zero-order valence-electron chi connectivity index (χ0n) is 13.3. The van der Waals surface area contributed by atoms with Gasteiger partial charge in [0.1, 0.15) is 0 Å². The highest BCUT2D eigenvalue weighted by atomic mass is 32.2. The van der Waals surface area contributed by atoms with Gasteiger partial charge in [-0.25, -0.2) is 4.98 Å². The Balaban J connectivity index is 1.39. The first kappa shape index (κ1) is 15.9. The van der Waals surface area contributed by atoms with Crippen LogP contribution in [0.5, 0.6) is 0 Å². The summed E-state index contributed by atoms with van der Waals surface area (Å²) in [5, 5.41) is 3.74. The predicted octanol–water partition coefficient (Wildman–Crippen LogP) is 2.70. The molecule has 0 unspecified atom stereocenters. The Morgan fingerprint density at radius 1 is 1.29 bits per heavy atom. The predicted molar refractivity (Wildman–Crippen MR) is 97.5 cm³/mol. The van der Waals surface area contributed by atoms with Crippen LogP contribution in [0.15, 0.2) is 39.6 Å². The average Bonchev–Trinajstić information content (AvgIpc) is 3.07. The molecule has 24 heavy (non-hydrogen) atoms. The van der Waals surface area contributed by atoms with E-state index in [4.69, 9.17) is 5.73 Å². The topological polar surface area (TPSA) is 71.2 Å². The summed E-state index contributed by atoms with van der Waals surface area (Å²) in [6.07, 6.45) is 4.17. The molecule has 3 saturated heterocycles. The van der Waals surface area contributed by atoms with Crippen LogP contribution in [0.3, 0.4) is 0 Å². The molecule has 7 heteroatoms. The lowest BCUT2D eigenvalue weighted by atomic mass is 9.84. The van der Waals surface area contributed by atoms with E-state index >= 15 is 0 Å². The first-order chi connectivity index (χ1) is 11.7. The number of thiazole rings is 1. The summed E-state index contributed by atoms with van der Waals surface area (Å²) in [4.78, 5) is 20.3. The van der Waals surface area contributed by atoms with Gasteiger partial charge in [-0.15, -0.1) is 11.3 Å². The molecule has 2 bridgehead atoms. The third-order valence-corrected chi connectivity index (χ3v) is 6.86. The van der Waals surface area contributed by atoms with Crippen LogP contribution < -0.4 is 11.1 Å². The molecule has 3 N–H and O–H groups in total. The molecule has 1 amide bonds. The molecule has 2 aromatic rings. The Bertz CT molecular complexity index is 722. The van der Waals surface area contributed by atoms with Gasteiger partial charge in [0.2, 0.25) is 0 Å². The molecular formula is C17H20N4OS2. The number of fused-ring (bicyclic) bond motifs is 3. The van der Waals surface area contributed by atoms with Gasteiger partial charge in [-0.1, -0.05) is 11.8 Å². The molecule has 3 fully saturated rings. The molecule has 1 atom stereocenters. The van der Waals surface area contributed by atoms with Crippen LogP contribution >= 0.6 is 23.1 Å². The summed E-state index contributed by atoms with van der Waals surface area (Å²) in [7, 11) is 0. The van der Waals surface area contributed by atoms with Crippen LogP contribution in [0.2, 0.25) is 0 Å². The third kappa shape index (κ3) is 3.43. The van der Waals surface area contributed by atoms with E-state index < -0.39 is 0 Å². The molecule has 5 nitrogen and oxygen atoms in total. The molecule has 3 aliphatic heterocycles. The largest absolute Gasteiger partial charge is 0.399 e.